The summed E-state index contributed by atoms with van der Waals surface area (Å²) >= 11 is 5.84. The number of imide groups is 1. The number of nitrogens with zero attached hydrogens (tertiary/aromatic N) is 2. The average molecular weight is 405 g/mol. The quantitative estimate of drug-likeness (QED) is 0.431. The predicted molar refractivity (Wildman–Crippen MR) is 100 cm³/mol. The summed E-state index contributed by atoms with van der Waals surface area (Å²) in [5.74, 6) is -1.27. The van der Waals surface area contributed by atoms with Crippen LogP contribution in [0.2, 0.25) is 5.02 Å². The molecule has 0 bridgehead atoms. The molecule has 9 heteroatoms. The maximum absolute atomic E-state index is 12.4. The summed E-state index contributed by atoms with van der Waals surface area (Å²) in [6.07, 6.45) is -1.43. The van der Waals surface area contributed by atoms with E-state index in [9.17, 15) is 24.8 Å². The number of hydrogen-bond acceptors (Lipinski definition) is 6. The number of nitro groups is 1. The fraction of sp³-hybridized carbons (Fsp3) is 0.263. The molecule has 146 valence electrons. The van der Waals surface area contributed by atoms with Crippen LogP contribution in [0.25, 0.3) is 0 Å². The number of carbonyl (C=O) groups excluding carboxylic acids is 2. The fourth-order valence-corrected chi connectivity index (χ4v) is 3.03. The summed E-state index contributed by atoms with van der Waals surface area (Å²) in [7, 11) is 0. The van der Waals surface area contributed by atoms with E-state index >= 15 is 0 Å². The molecule has 0 saturated heterocycles. The Bertz CT molecular complexity index is 931. The molecule has 2 amide bonds. The number of amides is 2. The largest absolute Gasteiger partial charge is 0.389 e. The zero-order valence-corrected chi connectivity index (χ0v) is 15.6. The second-order valence-electron chi connectivity index (χ2n) is 6.39. The molecule has 2 aromatic carbocycles. The maximum atomic E-state index is 12.4. The van der Waals surface area contributed by atoms with Gasteiger partial charge in [0.05, 0.1) is 41.4 Å². The monoisotopic (exact) mass is 404 g/mol. The minimum atomic E-state index is -1.10. The van der Waals surface area contributed by atoms with Crippen molar-refractivity contribution >= 4 is 29.1 Å². The summed E-state index contributed by atoms with van der Waals surface area (Å²) in [4.78, 5) is 35.9. The number of aliphatic hydroxyl groups is 1. The maximum Gasteiger partial charge on any atom is 0.270 e. The molecule has 2 aromatic rings. The minimum absolute atomic E-state index is 0.0400. The lowest BCUT2D eigenvalue weighted by Gasteiger charge is -2.20. The van der Waals surface area contributed by atoms with Crippen LogP contribution in [-0.4, -0.2) is 46.0 Å². The Balaban J connectivity index is 1.61. The van der Waals surface area contributed by atoms with Crippen LogP contribution in [0, 0.1) is 10.1 Å². The van der Waals surface area contributed by atoms with Crippen LogP contribution in [0.1, 0.15) is 39.3 Å². The van der Waals surface area contributed by atoms with Crippen molar-refractivity contribution in [2.75, 3.05) is 13.2 Å². The predicted octanol–water partition coefficient (Wildman–Crippen LogP) is 2.98. The Labute approximate surface area is 165 Å². The molecule has 28 heavy (non-hydrogen) atoms. The van der Waals surface area contributed by atoms with Crippen molar-refractivity contribution in [3.8, 4) is 0 Å². The Morgan fingerprint density at radius 1 is 1.14 bits per heavy atom. The smallest absolute Gasteiger partial charge is 0.270 e. The van der Waals surface area contributed by atoms with E-state index in [1.54, 1.807) is 31.2 Å². The van der Waals surface area contributed by atoms with Crippen molar-refractivity contribution in [2.24, 2.45) is 0 Å². The number of hydrogen-bond donors (Lipinski definition) is 1. The number of fused-ring (bicyclic) bond motifs is 1. The highest BCUT2D eigenvalue weighted by molar-refractivity contribution is 6.30. The number of ether oxygens (including phenoxy) is 1. The molecule has 2 atom stereocenters. The number of benzene rings is 2. The number of rotatable bonds is 7. The molecule has 0 aromatic heterocycles. The summed E-state index contributed by atoms with van der Waals surface area (Å²) in [6, 6.07) is 10.5. The first kappa shape index (κ1) is 19.9. The van der Waals surface area contributed by atoms with Gasteiger partial charge in [-0.25, -0.2) is 0 Å². The van der Waals surface area contributed by atoms with Crippen molar-refractivity contribution in [1.82, 2.24) is 4.90 Å². The standard InChI is InChI=1S/C19H17ClN2O6/c1-11(12-2-4-13(20)5-3-12)28-10-15(23)9-21-18(24)16-7-6-14(22(26)27)8-17(16)19(21)25/h2-8,11,15,23H,9-10H2,1H3/t11-,15-/m0/s1. The Kier molecular flexibility index (Phi) is 5.73. The zero-order valence-electron chi connectivity index (χ0n) is 14.9. The number of β-amino-alcohol motifs (C(OH)–C–C–N with tert-alkyl or cyclic N) is 1. The second-order valence-corrected chi connectivity index (χ2v) is 6.83. The van der Waals surface area contributed by atoms with Gasteiger partial charge in [0.1, 0.15) is 0 Å². The third kappa shape index (κ3) is 4.04. The molecule has 1 aliphatic heterocycles. The van der Waals surface area contributed by atoms with Crippen molar-refractivity contribution in [1.29, 1.82) is 0 Å². The highest BCUT2D eigenvalue weighted by atomic mass is 35.5. The van der Waals surface area contributed by atoms with Gasteiger partial charge in [0.2, 0.25) is 0 Å². The molecule has 0 saturated carbocycles. The van der Waals surface area contributed by atoms with E-state index in [1.807, 2.05) is 0 Å². The summed E-state index contributed by atoms with van der Waals surface area (Å²) < 4.78 is 5.61. The highest BCUT2D eigenvalue weighted by Gasteiger charge is 2.37. The first-order valence-electron chi connectivity index (χ1n) is 8.47. The van der Waals surface area contributed by atoms with Crippen molar-refractivity contribution in [3.63, 3.8) is 0 Å². The molecule has 0 fully saturated rings. The van der Waals surface area contributed by atoms with E-state index in [0.717, 1.165) is 16.5 Å². The molecule has 0 aliphatic carbocycles. The van der Waals surface area contributed by atoms with Gasteiger partial charge in [-0.05, 0) is 30.7 Å². The van der Waals surface area contributed by atoms with E-state index in [-0.39, 0.29) is 36.1 Å². The number of non-ortho nitro benzene ring substituents is 1. The van der Waals surface area contributed by atoms with E-state index in [2.05, 4.69) is 0 Å². The Hall–Kier alpha value is -2.81. The van der Waals surface area contributed by atoms with Crippen LogP contribution in [0.15, 0.2) is 42.5 Å². The lowest BCUT2D eigenvalue weighted by Crippen LogP contribution is -2.38. The van der Waals surface area contributed by atoms with Gasteiger partial charge in [-0.3, -0.25) is 24.6 Å². The first-order chi connectivity index (χ1) is 13.3. The molecule has 0 spiro atoms. The molecule has 1 aliphatic rings. The third-order valence-corrected chi connectivity index (χ3v) is 4.69. The summed E-state index contributed by atoms with van der Waals surface area (Å²) in [5.41, 5.74) is 0.632. The van der Waals surface area contributed by atoms with Gasteiger partial charge in [-0.1, -0.05) is 23.7 Å². The summed E-state index contributed by atoms with van der Waals surface area (Å²) in [6.45, 7) is 1.43. The molecule has 1 heterocycles. The normalized spacial score (nSPS) is 15.5. The number of aliphatic hydroxyl groups excluding tert-OH is 1. The molecule has 0 unspecified atom stereocenters. The van der Waals surface area contributed by atoms with Gasteiger partial charge in [-0.2, -0.15) is 0 Å². The van der Waals surface area contributed by atoms with Crippen LogP contribution >= 0.6 is 11.6 Å². The van der Waals surface area contributed by atoms with Crippen LogP contribution < -0.4 is 0 Å². The molecular weight excluding hydrogens is 388 g/mol. The minimum Gasteiger partial charge on any atom is -0.389 e. The summed E-state index contributed by atoms with van der Waals surface area (Å²) in [5, 5.41) is 21.7. The lowest BCUT2D eigenvalue weighted by atomic mass is 10.1. The van der Waals surface area contributed by atoms with Crippen molar-refractivity contribution in [3.05, 3.63) is 74.3 Å². The van der Waals surface area contributed by atoms with Gasteiger partial charge in [0.15, 0.2) is 0 Å². The SMILES string of the molecule is C[C@H](OC[C@@H](O)CN1C(=O)c2ccc([N+](=O)[O-])cc2C1=O)c1ccc(Cl)cc1. The van der Waals surface area contributed by atoms with Crippen molar-refractivity contribution in [2.45, 2.75) is 19.1 Å². The van der Waals surface area contributed by atoms with Gasteiger partial charge < -0.3 is 9.84 Å². The number of carbonyl (C=O) groups is 2. The molecule has 8 nitrogen and oxygen atoms in total. The van der Waals surface area contributed by atoms with Crippen LogP contribution in [-0.2, 0) is 4.74 Å². The third-order valence-electron chi connectivity index (χ3n) is 4.44. The number of halogens is 1. The van der Waals surface area contributed by atoms with Crippen LogP contribution in [0.5, 0.6) is 0 Å². The van der Waals surface area contributed by atoms with Gasteiger partial charge in [0, 0.05) is 17.2 Å². The second kappa shape index (κ2) is 8.05. The Morgan fingerprint density at radius 2 is 1.79 bits per heavy atom. The van der Waals surface area contributed by atoms with Crippen LogP contribution in [0.3, 0.4) is 0 Å². The van der Waals surface area contributed by atoms with Gasteiger partial charge in [0.25, 0.3) is 17.5 Å². The Morgan fingerprint density at radius 3 is 2.43 bits per heavy atom. The first-order valence-corrected chi connectivity index (χ1v) is 8.85. The topological polar surface area (TPSA) is 110 Å². The van der Waals surface area contributed by atoms with Gasteiger partial charge >= 0.3 is 0 Å². The van der Waals surface area contributed by atoms with Crippen LogP contribution in [0.4, 0.5) is 5.69 Å². The zero-order chi connectivity index (χ0) is 20.4. The molecule has 3 rings (SSSR count). The van der Waals surface area contributed by atoms with E-state index in [1.165, 1.54) is 12.1 Å². The van der Waals surface area contributed by atoms with E-state index in [4.69, 9.17) is 16.3 Å². The van der Waals surface area contributed by atoms with E-state index in [0.29, 0.717) is 5.02 Å². The van der Waals surface area contributed by atoms with Gasteiger partial charge in [-0.15, -0.1) is 0 Å². The average Bonchev–Trinajstić information content (AvgIpc) is 2.91. The van der Waals surface area contributed by atoms with E-state index < -0.39 is 22.8 Å². The molecule has 1 N–H and O–H groups in total. The molecule has 0 radical (unpaired) electrons. The fourth-order valence-electron chi connectivity index (χ4n) is 2.91. The highest BCUT2D eigenvalue weighted by Crippen LogP contribution is 2.27. The lowest BCUT2D eigenvalue weighted by molar-refractivity contribution is -0.384. The number of nitro benzene ring substituents is 1. The molecular formula is C19H17ClN2O6. The van der Waals surface area contributed by atoms with Crippen molar-refractivity contribution < 1.29 is 24.4 Å².